The molecule has 0 radical (unpaired) electrons. The number of nitrogens with zero attached hydrogens (tertiary/aromatic N) is 2. The van der Waals surface area contributed by atoms with Gasteiger partial charge in [0.25, 0.3) is 0 Å². The van der Waals surface area contributed by atoms with Gasteiger partial charge in [0, 0.05) is 30.3 Å². The molecule has 4 heterocycles. The molecule has 2 N–H and O–H groups in total. The lowest BCUT2D eigenvalue weighted by molar-refractivity contribution is 0.252. The minimum Gasteiger partial charge on any atom is -0.459 e. The fourth-order valence-corrected chi connectivity index (χ4v) is 3.41. The van der Waals surface area contributed by atoms with E-state index in [4.69, 9.17) is 10.3 Å². The Balaban J connectivity index is 1.75. The highest BCUT2D eigenvalue weighted by atomic mass is 16.3. The highest BCUT2D eigenvalue weighted by Gasteiger charge is 2.46. The Bertz CT molecular complexity index is 532. The van der Waals surface area contributed by atoms with Gasteiger partial charge < -0.3 is 4.42 Å². The van der Waals surface area contributed by atoms with Crippen LogP contribution in [0.25, 0.3) is 11.1 Å². The average Bonchev–Trinajstić information content (AvgIpc) is 3.01. The largest absolute Gasteiger partial charge is 0.459 e. The van der Waals surface area contributed by atoms with Gasteiger partial charge in [0.2, 0.25) is 0 Å². The molecule has 0 saturated carbocycles. The zero-order chi connectivity index (χ0) is 11.4. The van der Waals surface area contributed by atoms with Crippen LogP contribution in [0.4, 0.5) is 0 Å². The monoisotopic (exact) mass is 229 g/mol. The number of hydrogen-bond donors (Lipinski definition) is 1. The molecule has 2 unspecified atom stereocenters. The van der Waals surface area contributed by atoms with E-state index in [9.17, 15) is 0 Å². The molecule has 0 aliphatic carbocycles. The van der Waals surface area contributed by atoms with Crippen LogP contribution in [0.1, 0.15) is 30.9 Å². The van der Waals surface area contributed by atoms with Crippen LogP contribution in [0.2, 0.25) is 0 Å². The summed E-state index contributed by atoms with van der Waals surface area (Å²) in [5.41, 5.74) is 1.84. The van der Waals surface area contributed by atoms with Gasteiger partial charge in [-0.25, -0.2) is 5.01 Å². The zero-order valence-corrected chi connectivity index (χ0v) is 9.54. The van der Waals surface area contributed by atoms with Crippen LogP contribution >= 0.6 is 0 Å². The van der Waals surface area contributed by atoms with E-state index < -0.39 is 0 Å². The summed E-state index contributed by atoms with van der Waals surface area (Å²) in [6, 6.07) is 6.96. The zero-order valence-electron chi connectivity index (χ0n) is 9.54. The third kappa shape index (κ3) is 1.28. The maximum absolute atomic E-state index is 6.08. The van der Waals surface area contributed by atoms with Gasteiger partial charge in [-0.05, 0) is 31.4 Å². The van der Waals surface area contributed by atoms with Gasteiger partial charge in [0.05, 0.1) is 0 Å². The molecule has 2 fully saturated rings. The van der Waals surface area contributed by atoms with Crippen molar-refractivity contribution < 1.29 is 4.42 Å². The summed E-state index contributed by atoms with van der Waals surface area (Å²) in [6.07, 6.45) is 5.35. The quantitative estimate of drug-likeness (QED) is 0.760. The molecule has 2 aliphatic rings. The molecule has 4 heteroatoms. The van der Waals surface area contributed by atoms with Crippen LogP contribution in [0.15, 0.2) is 28.8 Å². The molecular formula is C13H15N3O. The Morgan fingerprint density at radius 1 is 1.41 bits per heavy atom. The van der Waals surface area contributed by atoms with E-state index in [0.717, 1.165) is 23.3 Å². The third-order valence-corrected chi connectivity index (χ3v) is 4.26. The first kappa shape index (κ1) is 9.62. The molecule has 17 heavy (non-hydrogen) atoms. The summed E-state index contributed by atoms with van der Waals surface area (Å²) in [4.78, 5) is 4.32. The topological polar surface area (TPSA) is 55.3 Å². The minimum atomic E-state index is 0.452. The van der Waals surface area contributed by atoms with Crippen molar-refractivity contribution in [2.24, 2.45) is 5.84 Å². The van der Waals surface area contributed by atoms with Crippen LogP contribution in [0.5, 0.6) is 0 Å². The molecule has 2 aromatic rings. The fraction of sp³-hybridized carbons (Fsp3) is 0.462. The summed E-state index contributed by atoms with van der Waals surface area (Å²) in [7, 11) is 0. The number of fused-ring (bicyclic) bond motifs is 3. The predicted octanol–water partition coefficient (Wildman–Crippen LogP) is 2.02. The van der Waals surface area contributed by atoms with Gasteiger partial charge >= 0.3 is 0 Å². The summed E-state index contributed by atoms with van der Waals surface area (Å²) in [5, 5.41) is 2.03. The first-order valence-corrected chi connectivity index (χ1v) is 6.20. The van der Waals surface area contributed by atoms with E-state index >= 15 is 0 Å². The lowest BCUT2D eigenvalue weighted by Crippen LogP contribution is -2.36. The van der Waals surface area contributed by atoms with E-state index in [1.165, 1.54) is 12.8 Å². The highest BCUT2D eigenvalue weighted by molar-refractivity contribution is 5.72. The Morgan fingerprint density at radius 3 is 3.06 bits per heavy atom. The van der Waals surface area contributed by atoms with Gasteiger partial charge in [-0.3, -0.25) is 10.8 Å². The van der Waals surface area contributed by atoms with Gasteiger partial charge in [-0.15, -0.1) is 0 Å². The number of hydrogen-bond acceptors (Lipinski definition) is 4. The number of rotatable bonds is 1. The minimum absolute atomic E-state index is 0.452. The molecule has 4 nitrogen and oxygen atoms in total. The number of aromatic nitrogens is 1. The van der Waals surface area contributed by atoms with E-state index in [1.807, 2.05) is 17.1 Å². The maximum atomic E-state index is 6.08. The van der Waals surface area contributed by atoms with Crippen molar-refractivity contribution in [1.82, 2.24) is 9.99 Å². The van der Waals surface area contributed by atoms with Gasteiger partial charge in [0.15, 0.2) is 5.58 Å². The Morgan fingerprint density at radius 2 is 2.35 bits per heavy atom. The van der Waals surface area contributed by atoms with Crippen LogP contribution in [0.3, 0.4) is 0 Å². The second-order valence-electron chi connectivity index (χ2n) is 5.12. The first-order chi connectivity index (χ1) is 8.33. The van der Waals surface area contributed by atoms with E-state index in [-0.39, 0.29) is 0 Å². The van der Waals surface area contributed by atoms with Crippen molar-refractivity contribution in [2.75, 3.05) is 0 Å². The van der Waals surface area contributed by atoms with Gasteiger partial charge in [-0.1, -0.05) is 0 Å². The molecule has 2 bridgehead atoms. The summed E-state index contributed by atoms with van der Waals surface area (Å²) in [5.74, 6) is 7.59. The van der Waals surface area contributed by atoms with Gasteiger partial charge in [0.1, 0.15) is 11.3 Å². The van der Waals surface area contributed by atoms with Crippen molar-refractivity contribution >= 4 is 11.1 Å². The second kappa shape index (κ2) is 3.31. The normalized spacial score (nSPS) is 32.6. The maximum Gasteiger partial charge on any atom is 0.152 e. The number of furan rings is 1. The number of nitrogens with two attached hydrogens (primary N) is 1. The SMILES string of the molecule is NN1C2CCC1[C@@H](c1cc3ncccc3o1)C2. The summed E-state index contributed by atoms with van der Waals surface area (Å²) in [6.45, 7) is 0. The average molecular weight is 229 g/mol. The lowest BCUT2D eigenvalue weighted by atomic mass is 9.87. The number of pyridine rings is 1. The molecule has 88 valence electrons. The van der Waals surface area contributed by atoms with Crippen molar-refractivity contribution in [3.05, 3.63) is 30.2 Å². The Hall–Kier alpha value is -1.39. The van der Waals surface area contributed by atoms with Crippen LogP contribution < -0.4 is 5.84 Å². The molecule has 0 spiro atoms. The van der Waals surface area contributed by atoms with E-state index in [0.29, 0.717) is 18.0 Å². The highest BCUT2D eigenvalue weighted by Crippen LogP contribution is 2.45. The molecule has 4 rings (SSSR count). The van der Waals surface area contributed by atoms with Crippen molar-refractivity contribution in [1.29, 1.82) is 0 Å². The molecule has 2 saturated heterocycles. The Labute approximate surface area is 99.4 Å². The summed E-state index contributed by atoms with van der Waals surface area (Å²) >= 11 is 0. The fourth-order valence-electron chi connectivity index (χ4n) is 3.41. The first-order valence-electron chi connectivity index (χ1n) is 6.20. The van der Waals surface area contributed by atoms with Crippen LogP contribution in [-0.2, 0) is 0 Å². The molecule has 2 aromatic heterocycles. The molecular weight excluding hydrogens is 214 g/mol. The van der Waals surface area contributed by atoms with E-state index in [1.54, 1.807) is 6.20 Å². The third-order valence-electron chi connectivity index (χ3n) is 4.26. The lowest BCUT2D eigenvalue weighted by Gasteiger charge is -2.18. The van der Waals surface area contributed by atoms with Crippen LogP contribution in [0, 0.1) is 0 Å². The molecule has 0 amide bonds. The smallest absolute Gasteiger partial charge is 0.152 e. The molecule has 0 aromatic carbocycles. The van der Waals surface area contributed by atoms with Crippen molar-refractivity contribution in [3.63, 3.8) is 0 Å². The van der Waals surface area contributed by atoms with Crippen molar-refractivity contribution in [2.45, 2.75) is 37.3 Å². The summed E-state index contributed by atoms with van der Waals surface area (Å²) < 4.78 is 5.91. The molecule has 3 atom stereocenters. The molecule has 2 aliphatic heterocycles. The van der Waals surface area contributed by atoms with Crippen molar-refractivity contribution in [3.8, 4) is 0 Å². The van der Waals surface area contributed by atoms with Crippen LogP contribution in [-0.4, -0.2) is 22.1 Å². The van der Waals surface area contributed by atoms with Gasteiger partial charge in [-0.2, -0.15) is 0 Å². The predicted molar refractivity (Wildman–Crippen MR) is 64.2 cm³/mol. The standard InChI is InChI=1S/C13H15N3O/c14-16-8-3-4-11(16)9(6-8)13-7-10-12(17-13)2-1-5-15-10/h1-2,5,7-9,11H,3-4,6,14H2/t8?,9-,11?/m0/s1. The second-order valence-corrected chi connectivity index (χ2v) is 5.12. The van der Waals surface area contributed by atoms with E-state index in [2.05, 4.69) is 11.1 Å². The Kier molecular flexibility index (Phi) is 1.87. The number of hydrazine groups is 1.